The summed E-state index contributed by atoms with van der Waals surface area (Å²) in [6.45, 7) is 0. The highest BCUT2D eigenvalue weighted by Gasteiger charge is 2.28. The first-order valence-electron chi connectivity index (χ1n) is 11.1. The van der Waals surface area contributed by atoms with Gasteiger partial charge in [0.2, 0.25) is 11.8 Å². The first-order chi connectivity index (χ1) is 16.4. The number of amides is 2. The van der Waals surface area contributed by atoms with Crippen LogP contribution in [0.1, 0.15) is 16.7 Å². The molecule has 0 unspecified atom stereocenters. The Morgan fingerprint density at radius 2 is 1.00 bits per heavy atom. The molecule has 7 nitrogen and oxygen atoms in total. The fourth-order valence-electron chi connectivity index (χ4n) is 3.62. The maximum atomic E-state index is 13.1. The molecule has 0 bridgehead atoms. The first kappa shape index (κ1) is 24.7. The number of aliphatic carboxylic acids is 1. The molecule has 3 aromatic rings. The molecule has 0 spiro atoms. The average Bonchev–Trinajstić information content (AvgIpc) is 2.85. The topological polar surface area (TPSA) is 122 Å². The maximum absolute atomic E-state index is 13.1. The van der Waals surface area contributed by atoms with Crippen molar-refractivity contribution in [2.24, 2.45) is 5.73 Å². The van der Waals surface area contributed by atoms with E-state index in [2.05, 4.69) is 10.6 Å². The summed E-state index contributed by atoms with van der Waals surface area (Å²) in [4.78, 5) is 37.8. The van der Waals surface area contributed by atoms with E-state index in [0.717, 1.165) is 16.7 Å². The molecular weight excluding hydrogens is 430 g/mol. The molecule has 0 heterocycles. The summed E-state index contributed by atoms with van der Waals surface area (Å²) in [6.07, 6.45) is 0.647. The molecule has 0 radical (unpaired) electrons. The van der Waals surface area contributed by atoms with Gasteiger partial charge >= 0.3 is 5.97 Å². The summed E-state index contributed by atoms with van der Waals surface area (Å²) in [6, 6.07) is 24.7. The van der Waals surface area contributed by atoms with E-state index < -0.39 is 35.9 Å². The Bertz CT molecular complexity index is 1070. The normalized spacial score (nSPS) is 13.3. The molecule has 3 rings (SSSR count). The van der Waals surface area contributed by atoms with Crippen LogP contribution >= 0.6 is 0 Å². The smallest absolute Gasteiger partial charge is 0.326 e. The van der Waals surface area contributed by atoms with Crippen LogP contribution in [0.4, 0.5) is 0 Å². The minimum absolute atomic E-state index is 0.126. The van der Waals surface area contributed by atoms with E-state index in [0.29, 0.717) is 6.42 Å². The third-order valence-corrected chi connectivity index (χ3v) is 5.45. The molecule has 2 amide bonds. The summed E-state index contributed by atoms with van der Waals surface area (Å²) < 4.78 is 0. The lowest BCUT2D eigenvalue weighted by molar-refractivity contribution is -0.142. The van der Waals surface area contributed by atoms with Gasteiger partial charge in [-0.05, 0) is 23.1 Å². The van der Waals surface area contributed by atoms with Gasteiger partial charge < -0.3 is 21.5 Å². The standard InChI is InChI=1S/C27H29N3O4/c28-22(16-19-10-4-1-5-11-19)25(31)29-23(17-20-12-6-2-7-13-20)26(32)30-24(27(33)34)18-21-14-8-3-9-15-21/h1-15,22-24H,16-18,28H2,(H,29,31)(H,30,32)(H,33,34)/t22-,23+,24+/m1/s1. The molecule has 0 saturated heterocycles. The van der Waals surface area contributed by atoms with Crippen molar-refractivity contribution in [1.29, 1.82) is 0 Å². The predicted octanol–water partition coefficient (Wildman–Crippen LogP) is 2.10. The number of rotatable bonds is 11. The van der Waals surface area contributed by atoms with E-state index in [-0.39, 0.29) is 12.8 Å². The van der Waals surface area contributed by atoms with Crippen LogP contribution in [-0.4, -0.2) is 41.0 Å². The van der Waals surface area contributed by atoms with Gasteiger partial charge in [0.15, 0.2) is 0 Å². The molecule has 34 heavy (non-hydrogen) atoms. The van der Waals surface area contributed by atoms with Crippen molar-refractivity contribution >= 4 is 17.8 Å². The second kappa shape index (κ2) is 12.3. The minimum Gasteiger partial charge on any atom is -0.480 e. The van der Waals surface area contributed by atoms with E-state index in [1.807, 2.05) is 78.9 Å². The number of carboxylic acids is 1. The van der Waals surface area contributed by atoms with E-state index in [1.54, 1.807) is 12.1 Å². The second-order valence-corrected chi connectivity index (χ2v) is 8.14. The summed E-state index contributed by atoms with van der Waals surface area (Å²) in [7, 11) is 0. The highest BCUT2D eigenvalue weighted by atomic mass is 16.4. The van der Waals surface area contributed by atoms with Crippen molar-refractivity contribution in [3.63, 3.8) is 0 Å². The molecule has 176 valence electrons. The molecular formula is C27H29N3O4. The van der Waals surface area contributed by atoms with E-state index in [4.69, 9.17) is 5.73 Å². The van der Waals surface area contributed by atoms with E-state index in [1.165, 1.54) is 0 Å². The Morgan fingerprint density at radius 1 is 0.618 bits per heavy atom. The zero-order chi connectivity index (χ0) is 24.3. The molecule has 3 atom stereocenters. The Balaban J connectivity index is 1.72. The van der Waals surface area contributed by atoms with Crippen LogP contribution in [-0.2, 0) is 33.6 Å². The zero-order valence-electron chi connectivity index (χ0n) is 18.8. The number of hydrogen-bond acceptors (Lipinski definition) is 4. The van der Waals surface area contributed by atoms with Crippen LogP contribution in [0.2, 0.25) is 0 Å². The number of benzene rings is 3. The minimum atomic E-state index is -1.15. The van der Waals surface area contributed by atoms with Gasteiger partial charge in [0.1, 0.15) is 12.1 Å². The van der Waals surface area contributed by atoms with Crippen LogP contribution in [0.15, 0.2) is 91.0 Å². The highest BCUT2D eigenvalue weighted by molar-refractivity contribution is 5.92. The lowest BCUT2D eigenvalue weighted by Crippen LogP contribution is -2.55. The maximum Gasteiger partial charge on any atom is 0.326 e. The van der Waals surface area contributed by atoms with Gasteiger partial charge in [-0.2, -0.15) is 0 Å². The largest absolute Gasteiger partial charge is 0.480 e. The summed E-state index contributed by atoms with van der Waals surface area (Å²) in [5.74, 6) is -2.20. The Morgan fingerprint density at radius 3 is 1.44 bits per heavy atom. The van der Waals surface area contributed by atoms with Gasteiger partial charge in [-0.25, -0.2) is 4.79 Å². The van der Waals surface area contributed by atoms with Crippen LogP contribution < -0.4 is 16.4 Å². The lowest BCUT2D eigenvalue weighted by Gasteiger charge is -2.23. The van der Waals surface area contributed by atoms with E-state index >= 15 is 0 Å². The Kier molecular flexibility index (Phi) is 8.94. The molecule has 0 fully saturated rings. The van der Waals surface area contributed by atoms with Crippen LogP contribution in [0, 0.1) is 0 Å². The molecule has 3 aromatic carbocycles. The van der Waals surface area contributed by atoms with E-state index in [9.17, 15) is 19.5 Å². The number of carbonyl (C=O) groups is 3. The number of carboxylic acid groups (broad SMARTS) is 1. The molecule has 7 heteroatoms. The molecule has 0 aromatic heterocycles. The lowest BCUT2D eigenvalue weighted by atomic mass is 10.0. The first-order valence-corrected chi connectivity index (χ1v) is 11.1. The highest BCUT2D eigenvalue weighted by Crippen LogP contribution is 2.08. The average molecular weight is 460 g/mol. The van der Waals surface area contributed by atoms with Gasteiger partial charge in [-0.1, -0.05) is 91.0 Å². The summed E-state index contributed by atoms with van der Waals surface area (Å²) in [5, 5.41) is 15.0. The third kappa shape index (κ3) is 7.56. The Hall–Kier alpha value is -3.97. The zero-order valence-corrected chi connectivity index (χ0v) is 18.8. The van der Waals surface area contributed by atoms with Crippen LogP contribution in [0.3, 0.4) is 0 Å². The van der Waals surface area contributed by atoms with Gasteiger partial charge in [0, 0.05) is 12.8 Å². The summed E-state index contributed by atoms with van der Waals surface area (Å²) >= 11 is 0. The molecule has 0 saturated carbocycles. The van der Waals surface area contributed by atoms with Gasteiger partial charge in [-0.15, -0.1) is 0 Å². The monoisotopic (exact) mass is 459 g/mol. The number of nitrogens with two attached hydrogens (primary N) is 1. The third-order valence-electron chi connectivity index (χ3n) is 5.45. The fourth-order valence-corrected chi connectivity index (χ4v) is 3.62. The van der Waals surface area contributed by atoms with Crippen molar-refractivity contribution in [2.75, 3.05) is 0 Å². The van der Waals surface area contributed by atoms with Crippen LogP contribution in [0.5, 0.6) is 0 Å². The quantitative estimate of drug-likeness (QED) is 0.350. The van der Waals surface area contributed by atoms with Crippen LogP contribution in [0.25, 0.3) is 0 Å². The molecule has 0 aliphatic rings. The van der Waals surface area contributed by atoms with Crippen molar-refractivity contribution < 1.29 is 19.5 Å². The molecule has 0 aliphatic heterocycles. The SMILES string of the molecule is N[C@H](Cc1ccccc1)C(=O)N[C@@H](Cc1ccccc1)C(=O)N[C@@H](Cc1ccccc1)C(=O)O. The number of carbonyl (C=O) groups excluding carboxylic acids is 2. The van der Waals surface area contributed by atoms with Crippen molar-refractivity contribution in [3.05, 3.63) is 108 Å². The fraction of sp³-hybridized carbons (Fsp3) is 0.222. The van der Waals surface area contributed by atoms with Gasteiger partial charge in [0.25, 0.3) is 0 Å². The second-order valence-electron chi connectivity index (χ2n) is 8.14. The summed E-state index contributed by atoms with van der Waals surface area (Å²) in [5.41, 5.74) is 8.62. The Labute approximate surface area is 199 Å². The number of hydrogen-bond donors (Lipinski definition) is 4. The van der Waals surface area contributed by atoms with Crippen molar-refractivity contribution in [1.82, 2.24) is 10.6 Å². The van der Waals surface area contributed by atoms with Gasteiger partial charge in [-0.3, -0.25) is 9.59 Å². The molecule has 5 N–H and O–H groups in total. The van der Waals surface area contributed by atoms with Crippen molar-refractivity contribution in [3.8, 4) is 0 Å². The predicted molar refractivity (Wildman–Crippen MR) is 130 cm³/mol. The number of nitrogens with one attached hydrogen (secondary N) is 2. The van der Waals surface area contributed by atoms with Crippen molar-refractivity contribution in [2.45, 2.75) is 37.4 Å². The van der Waals surface area contributed by atoms with Gasteiger partial charge in [0.05, 0.1) is 6.04 Å². The molecule has 0 aliphatic carbocycles.